The molecule has 0 aliphatic carbocycles. The first kappa shape index (κ1) is 12.4. The fourth-order valence-corrected chi connectivity index (χ4v) is 1.52. The first-order valence-electron chi connectivity index (χ1n) is 4.60. The summed E-state index contributed by atoms with van der Waals surface area (Å²) in [5.74, 6) is 0. The van der Waals surface area contributed by atoms with Crippen molar-refractivity contribution in [3.63, 3.8) is 0 Å². The van der Waals surface area contributed by atoms with Crippen LogP contribution in [0, 0.1) is 0 Å². The second-order valence-electron chi connectivity index (χ2n) is 3.02. The summed E-state index contributed by atoms with van der Waals surface area (Å²) in [5.41, 5.74) is 0. The molecule has 3 heteroatoms. The third-order valence-electron chi connectivity index (χ3n) is 1.83. The maximum atomic E-state index is 5.30. The summed E-state index contributed by atoms with van der Waals surface area (Å²) in [6.07, 6.45) is 0. The van der Waals surface area contributed by atoms with E-state index in [-0.39, 0.29) is 0 Å². The Hall–Kier alpha value is 0.400. The molecule has 2 nitrogen and oxygen atoms in total. The van der Waals surface area contributed by atoms with Gasteiger partial charge in [0.2, 0.25) is 0 Å². The molecule has 0 saturated carbocycles. The van der Waals surface area contributed by atoms with Gasteiger partial charge in [-0.1, -0.05) is 15.9 Å². The van der Waals surface area contributed by atoms with Crippen molar-refractivity contribution >= 4 is 15.9 Å². The molecule has 0 heterocycles. The average molecular weight is 238 g/mol. The normalized spacial score (nSPS) is 11.5. The number of alkyl halides is 1. The van der Waals surface area contributed by atoms with E-state index in [0.717, 1.165) is 31.6 Å². The van der Waals surface area contributed by atoms with Crippen molar-refractivity contribution in [3.05, 3.63) is 0 Å². The van der Waals surface area contributed by atoms with Gasteiger partial charge in [0.1, 0.15) is 0 Å². The maximum absolute atomic E-state index is 5.30. The Bertz CT molecular complexity index is 98.5. The smallest absolute Gasteiger partial charge is 0.0593 e. The highest BCUT2D eigenvalue weighted by molar-refractivity contribution is 9.09. The maximum Gasteiger partial charge on any atom is 0.0593 e. The van der Waals surface area contributed by atoms with Crippen LogP contribution in [-0.2, 0) is 4.74 Å². The predicted octanol–water partition coefficient (Wildman–Crippen LogP) is 2.13. The molecule has 0 aromatic carbocycles. The predicted molar refractivity (Wildman–Crippen MR) is 57.0 cm³/mol. The van der Waals surface area contributed by atoms with Crippen molar-refractivity contribution in [1.29, 1.82) is 0 Å². The SMILES string of the molecule is CCOCCN(CCBr)C(C)C. The number of nitrogens with zero attached hydrogens (tertiary/aromatic N) is 1. The molecule has 0 bridgehead atoms. The second-order valence-corrected chi connectivity index (χ2v) is 3.81. The molecule has 0 spiro atoms. The largest absolute Gasteiger partial charge is 0.380 e. The van der Waals surface area contributed by atoms with Crippen LogP contribution in [0.1, 0.15) is 20.8 Å². The van der Waals surface area contributed by atoms with Gasteiger partial charge in [0.15, 0.2) is 0 Å². The van der Waals surface area contributed by atoms with Crippen LogP contribution in [0.15, 0.2) is 0 Å². The lowest BCUT2D eigenvalue weighted by Crippen LogP contribution is -2.35. The minimum Gasteiger partial charge on any atom is -0.380 e. The van der Waals surface area contributed by atoms with Gasteiger partial charge in [-0.2, -0.15) is 0 Å². The van der Waals surface area contributed by atoms with Crippen LogP contribution >= 0.6 is 15.9 Å². The lowest BCUT2D eigenvalue weighted by Gasteiger charge is -2.25. The van der Waals surface area contributed by atoms with E-state index < -0.39 is 0 Å². The summed E-state index contributed by atoms with van der Waals surface area (Å²) in [4.78, 5) is 2.41. The van der Waals surface area contributed by atoms with Gasteiger partial charge in [-0.15, -0.1) is 0 Å². The Morgan fingerprint density at radius 2 is 2.00 bits per heavy atom. The molecule has 0 aliphatic heterocycles. The minimum atomic E-state index is 0.614. The Morgan fingerprint density at radius 3 is 2.42 bits per heavy atom. The van der Waals surface area contributed by atoms with E-state index in [2.05, 4.69) is 34.7 Å². The van der Waals surface area contributed by atoms with Crippen molar-refractivity contribution in [2.24, 2.45) is 0 Å². The van der Waals surface area contributed by atoms with Crippen LogP contribution in [-0.4, -0.2) is 42.6 Å². The van der Waals surface area contributed by atoms with Crippen molar-refractivity contribution in [3.8, 4) is 0 Å². The van der Waals surface area contributed by atoms with Gasteiger partial charge >= 0.3 is 0 Å². The van der Waals surface area contributed by atoms with Gasteiger partial charge in [-0.05, 0) is 20.8 Å². The van der Waals surface area contributed by atoms with E-state index in [4.69, 9.17) is 4.74 Å². The molecule has 0 amide bonds. The number of hydrogen-bond acceptors (Lipinski definition) is 2. The summed E-state index contributed by atoms with van der Waals surface area (Å²) >= 11 is 3.44. The molecule has 0 unspecified atom stereocenters. The van der Waals surface area contributed by atoms with Gasteiger partial charge in [0.05, 0.1) is 6.61 Å². The van der Waals surface area contributed by atoms with Crippen LogP contribution in [0.5, 0.6) is 0 Å². The molecule has 0 aliphatic rings. The molecular weight excluding hydrogens is 218 g/mol. The second kappa shape index (κ2) is 8.02. The average Bonchev–Trinajstić information content (AvgIpc) is 2.03. The molecule has 0 aromatic heterocycles. The summed E-state index contributed by atoms with van der Waals surface area (Å²) in [6, 6.07) is 0.614. The van der Waals surface area contributed by atoms with E-state index in [1.165, 1.54) is 0 Å². The molecule has 74 valence electrons. The van der Waals surface area contributed by atoms with E-state index in [1.54, 1.807) is 0 Å². The Labute approximate surface area is 84.4 Å². The number of ether oxygens (including phenoxy) is 1. The molecule has 0 atom stereocenters. The van der Waals surface area contributed by atoms with Gasteiger partial charge < -0.3 is 4.74 Å². The molecule has 0 aromatic rings. The molecule has 0 radical (unpaired) electrons. The van der Waals surface area contributed by atoms with Gasteiger partial charge in [-0.3, -0.25) is 4.90 Å². The summed E-state index contributed by atoms with van der Waals surface area (Å²) < 4.78 is 5.30. The Kier molecular flexibility index (Phi) is 8.29. The molecule has 12 heavy (non-hydrogen) atoms. The summed E-state index contributed by atoms with van der Waals surface area (Å²) in [7, 11) is 0. The lowest BCUT2D eigenvalue weighted by atomic mass is 10.3. The molecule has 0 saturated heterocycles. The zero-order chi connectivity index (χ0) is 9.40. The van der Waals surface area contributed by atoms with E-state index >= 15 is 0 Å². The van der Waals surface area contributed by atoms with E-state index in [9.17, 15) is 0 Å². The zero-order valence-electron chi connectivity index (χ0n) is 8.35. The number of rotatable bonds is 7. The van der Waals surface area contributed by atoms with E-state index in [0.29, 0.717) is 6.04 Å². The quantitative estimate of drug-likeness (QED) is 0.497. The van der Waals surface area contributed by atoms with Crippen molar-refractivity contribution in [1.82, 2.24) is 4.90 Å². The zero-order valence-corrected chi connectivity index (χ0v) is 9.93. The molecular formula is C9H20BrNO. The number of hydrogen-bond donors (Lipinski definition) is 0. The minimum absolute atomic E-state index is 0.614. The van der Waals surface area contributed by atoms with E-state index in [1.807, 2.05) is 6.92 Å². The van der Waals surface area contributed by atoms with Gasteiger partial charge in [-0.25, -0.2) is 0 Å². The fraction of sp³-hybridized carbons (Fsp3) is 1.00. The van der Waals surface area contributed by atoms with Crippen molar-refractivity contribution in [2.75, 3.05) is 31.6 Å². The van der Waals surface area contributed by atoms with Gasteiger partial charge in [0.25, 0.3) is 0 Å². The Balaban J connectivity index is 3.49. The summed E-state index contributed by atoms with van der Waals surface area (Å²) in [6.45, 7) is 10.3. The highest BCUT2D eigenvalue weighted by Crippen LogP contribution is 1.98. The van der Waals surface area contributed by atoms with Crippen LogP contribution in [0.3, 0.4) is 0 Å². The van der Waals surface area contributed by atoms with Gasteiger partial charge in [0, 0.05) is 31.1 Å². The van der Waals surface area contributed by atoms with Crippen LogP contribution in [0.25, 0.3) is 0 Å². The lowest BCUT2D eigenvalue weighted by molar-refractivity contribution is 0.104. The number of halogens is 1. The first-order chi connectivity index (χ1) is 5.72. The van der Waals surface area contributed by atoms with Crippen molar-refractivity contribution in [2.45, 2.75) is 26.8 Å². The van der Waals surface area contributed by atoms with Crippen LogP contribution in [0.2, 0.25) is 0 Å². The molecule has 0 rings (SSSR count). The Morgan fingerprint density at radius 1 is 1.33 bits per heavy atom. The highest BCUT2D eigenvalue weighted by atomic mass is 79.9. The molecule has 0 N–H and O–H groups in total. The first-order valence-corrected chi connectivity index (χ1v) is 5.72. The van der Waals surface area contributed by atoms with Crippen molar-refractivity contribution < 1.29 is 4.74 Å². The topological polar surface area (TPSA) is 12.5 Å². The standard InChI is InChI=1S/C9H20BrNO/c1-4-12-8-7-11(6-5-10)9(2)3/h9H,4-8H2,1-3H3. The highest BCUT2D eigenvalue weighted by Gasteiger charge is 2.06. The van der Waals surface area contributed by atoms with Crippen LogP contribution < -0.4 is 0 Å². The third kappa shape index (κ3) is 5.98. The third-order valence-corrected chi connectivity index (χ3v) is 2.18. The monoisotopic (exact) mass is 237 g/mol. The fourth-order valence-electron chi connectivity index (χ4n) is 1.06. The van der Waals surface area contributed by atoms with Crippen LogP contribution in [0.4, 0.5) is 0 Å². The molecule has 0 fully saturated rings. The summed E-state index contributed by atoms with van der Waals surface area (Å²) in [5, 5.41) is 1.04.